The highest BCUT2D eigenvalue weighted by molar-refractivity contribution is 6.50. The maximum absolute atomic E-state index is 10.5. The smallest absolute Gasteiger partial charge is 0.418 e. The monoisotopic (exact) mass is 321 g/mol. The maximum Gasteiger partial charge on any atom is 0.673 e. The Bertz CT molecular complexity index is 536. The number of halogens is 4. The highest BCUT2D eigenvalue weighted by atomic mass is 19.5. The van der Waals surface area contributed by atoms with Gasteiger partial charge >= 0.3 is 7.25 Å². The molecule has 0 bridgehead atoms. The van der Waals surface area contributed by atoms with Crippen LogP contribution in [0.5, 0.6) is 0 Å². The summed E-state index contributed by atoms with van der Waals surface area (Å²) in [7, 11) is -0.335. The molecule has 0 aliphatic rings. The molecule has 1 aromatic carbocycles. The topological polar surface area (TPSA) is 60.3 Å². The zero-order valence-corrected chi connectivity index (χ0v) is 12.3. The number of nitrogens with one attached hydrogen (secondary N) is 1. The number of allylic oxidation sites excluding steroid dienone is 1. The molecule has 0 radical (unpaired) electrons. The highest BCUT2D eigenvalue weighted by Crippen LogP contribution is 2.17. The number of nitro groups is 1. The van der Waals surface area contributed by atoms with E-state index in [-0.39, 0.29) is 5.69 Å². The van der Waals surface area contributed by atoms with Crippen molar-refractivity contribution >= 4 is 24.7 Å². The Hall–Kier alpha value is -2.39. The summed E-state index contributed by atoms with van der Waals surface area (Å²) in [6.07, 6.45) is 3.79. The second kappa shape index (κ2) is 8.80. The minimum atomic E-state index is -6.00. The van der Waals surface area contributed by atoms with E-state index in [4.69, 9.17) is 0 Å². The molecular weight excluding hydrogens is 305 g/mol. The Labute approximate surface area is 125 Å². The molecular formula is C12H16BF4N3O2. The number of rotatable bonds is 4. The Morgan fingerprint density at radius 1 is 1.23 bits per heavy atom. The van der Waals surface area contributed by atoms with E-state index in [0.717, 1.165) is 11.1 Å². The van der Waals surface area contributed by atoms with Gasteiger partial charge in [0.2, 0.25) is 0 Å². The van der Waals surface area contributed by atoms with Crippen molar-refractivity contribution in [3.63, 3.8) is 0 Å². The molecule has 0 heterocycles. The molecule has 0 saturated heterocycles. The van der Waals surface area contributed by atoms with Crippen LogP contribution >= 0.6 is 0 Å². The number of non-ortho nitro benzene ring substituents is 1. The maximum atomic E-state index is 10.5. The third kappa shape index (κ3) is 9.51. The van der Waals surface area contributed by atoms with Gasteiger partial charge in [0.05, 0.1) is 10.5 Å². The Morgan fingerprint density at radius 2 is 1.68 bits per heavy atom. The molecule has 5 nitrogen and oxygen atoms in total. The van der Waals surface area contributed by atoms with Gasteiger partial charge in [0.1, 0.15) is 7.05 Å². The summed E-state index contributed by atoms with van der Waals surface area (Å²) in [6.45, 7) is 0. The van der Waals surface area contributed by atoms with Crippen LogP contribution in [0.15, 0.2) is 30.5 Å². The quantitative estimate of drug-likeness (QED) is 0.301. The number of hydrogen-bond acceptors (Lipinski definition) is 3. The van der Waals surface area contributed by atoms with E-state index in [2.05, 4.69) is 4.99 Å². The molecule has 1 rings (SSSR count). The summed E-state index contributed by atoms with van der Waals surface area (Å²) in [4.78, 5) is 15.0. The zero-order valence-electron chi connectivity index (χ0n) is 12.3. The summed E-state index contributed by atoms with van der Waals surface area (Å²) >= 11 is 0. The van der Waals surface area contributed by atoms with Gasteiger partial charge in [-0.05, 0) is 17.7 Å². The largest absolute Gasteiger partial charge is 0.673 e. The minimum Gasteiger partial charge on any atom is -0.418 e. The average molecular weight is 321 g/mol. The van der Waals surface area contributed by atoms with Gasteiger partial charge in [0, 0.05) is 32.4 Å². The van der Waals surface area contributed by atoms with Gasteiger partial charge in [-0.25, -0.2) is 0 Å². The molecule has 0 unspecified atom stereocenters. The van der Waals surface area contributed by atoms with Gasteiger partial charge in [-0.3, -0.25) is 15.1 Å². The fourth-order valence-electron chi connectivity index (χ4n) is 1.40. The van der Waals surface area contributed by atoms with Crippen molar-refractivity contribution in [1.29, 1.82) is 0 Å². The predicted molar refractivity (Wildman–Crippen MR) is 77.9 cm³/mol. The fourth-order valence-corrected chi connectivity index (χ4v) is 1.40. The lowest BCUT2D eigenvalue weighted by atomic mass is 10.1. The molecule has 0 atom stereocenters. The first kappa shape index (κ1) is 19.6. The molecule has 122 valence electrons. The van der Waals surface area contributed by atoms with E-state index in [1.807, 2.05) is 38.5 Å². The Morgan fingerprint density at radius 3 is 2.00 bits per heavy atom. The van der Waals surface area contributed by atoms with E-state index in [1.165, 1.54) is 12.1 Å². The van der Waals surface area contributed by atoms with Crippen LogP contribution in [0.2, 0.25) is 0 Å². The van der Waals surface area contributed by atoms with E-state index < -0.39 is 12.2 Å². The lowest BCUT2D eigenvalue weighted by molar-refractivity contribution is -0.412. The van der Waals surface area contributed by atoms with Crippen molar-refractivity contribution in [2.75, 3.05) is 21.1 Å². The van der Waals surface area contributed by atoms with Crippen LogP contribution < -0.4 is 4.99 Å². The minimum absolute atomic E-state index is 0.0995. The van der Waals surface area contributed by atoms with Gasteiger partial charge in [0.25, 0.3) is 5.69 Å². The number of nitrogens with zero attached hydrogens (tertiary/aromatic N) is 2. The normalized spacial score (nSPS) is 11.9. The third-order valence-electron chi connectivity index (χ3n) is 2.11. The van der Waals surface area contributed by atoms with E-state index in [9.17, 15) is 27.4 Å². The predicted octanol–water partition coefficient (Wildman–Crippen LogP) is 1.58. The molecule has 0 saturated carbocycles. The molecule has 1 aromatic rings. The molecule has 10 heteroatoms. The van der Waals surface area contributed by atoms with Gasteiger partial charge in [-0.15, -0.1) is 0 Å². The summed E-state index contributed by atoms with van der Waals surface area (Å²) in [5.41, 5.74) is 1.99. The Kier molecular flexibility index (Phi) is 7.85. The van der Waals surface area contributed by atoms with Crippen LogP contribution in [0.3, 0.4) is 0 Å². The first-order chi connectivity index (χ1) is 10.0. The molecule has 0 spiro atoms. The second-order valence-corrected chi connectivity index (χ2v) is 4.28. The van der Waals surface area contributed by atoms with E-state index in [0.29, 0.717) is 0 Å². The van der Waals surface area contributed by atoms with Crippen LogP contribution in [0.1, 0.15) is 5.56 Å². The molecule has 0 aliphatic heterocycles. The number of benzene rings is 1. The SMILES string of the molecule is C/[NH+]=C/C(=C\N(C)C)c1ccc([N+](=O)[O-])cc1.F[B-](F)(F)F. The van der Waals surface area contributed by atoms with E-state index >= 15 is 0 Å². The third-order valence-corrected chi connectivity index (χ3v) is 2.11. The van der Waals surface area contributed by atoms with Gasteiger partial charge < -0.3 is 22.2 Å². The standard InChI is InChI=1S/C12H15N3O2.BF4/c1-13-8-11(9-14(2)3)10-4-6-12(7-5-10)15(16)17;2-1(3,4)5/h4-9H,1-3H3;/q;-1/p+1/b11-9+,13-8+;. The van der Waals surface area contributed by atoms with Crippen molar-refractivity contribution in [3.8, 4) is 0 Å². The molecule has 1 N–H and O–H groups in total. The summed E-state index contributed by atoms with van der Waals surface area (Å²) in [5.74, 6) is 0. The lowest BCUT2D eigenvalue weighted by Gasteiger charge is -2.07. The molecule has 0 aromatic heterocycles. The molecule has 22 heavy (non-hydrogen) atoms. The fraction of sp³-hybridized carbons (Fsp3) is 0.250. The lowest BCUT2D eigenvalue weighted by Crippen LogP contribution is -2.63. The van der Waals surface area contributed by atoms with Crippen LogP contribution in [0.4, 0.5) is 23.0 Å². The summed E-state index contributed by atoms with van der Waals surface area (Å²) in [6, 6.07) is 6.48. The zero-order chi connectivity index (χ0) is 17.3. The number of nitro benzene ring substituents is 1. The van der Waals surface area contributed by atoms with Gasteiger partial charge in [0.15, 0.2) is 6.21 Å². The molecule has 0 amide bonds. The van der Waals surface area contributed by atoms with Crippen molar-refractivity contribution in [3.05, 3.63) is 46.1 Å². The van der Waals surface area contributed by atoms with Gasteiger partial charge in [-0.2, -0.15) is 0 Å². The average Bonchev–Trinajstić information content (AvgIpc) is 2.36. The Balaban J connectivity index is 0.000000763. The van der Waals surface area contributed by atoms with Crippen LogP contribution in [-0.4, -0.2) is 44.4 Å². The van der Waals surface area contributed by atoms with Crippen LogP contribution in [-0.2, 0) is 0 Å². The van der Waals surface area contributed by atoms with Crippen molar-refractivity contribution in [1.82, 2.24) is 4.90 Å². The van der Waals surface area contributed by atoms with Gasteiger partial charge in [-0.1, -0.05) is 0 Å². The first-order valence-corrected chi connectivity index (χ1v) is 6.05. The first-order valence-electron chi connectivity index (χ1n) is 6.05. The van der Waals surface area contributed by atoms with Crippen molar-refractivity contribution in [2.24, 2.45) is 0 Å². The highest BCUT2D eigenvalue weighted by Gasteiger charge is 2.20. The number of hydrogen-bond donors (Lipinski definition) is 1. The van der Waals surface area contributed by atoms with Crippen LogP contribution in [0.25, 0.3) is 5.57 Å². The van der Waals surface area contributed by atoms with Crippen LogP contribution in [0, 0.1) is 10.1 Å². The summed E-state index contributed by atoms with van der Waals surface area (Å²) < 4.78 is 39.0. The van der Waals surface area contributed by atoms with E-state index in [1.54, 1.807) is 12.1 Å². The van der Waals surface area contributed by atoms with Crippen molar-refractivity contribution in [2.45, 2.75) is 0 Å². The molecule has 0 aliphatic carbocycles. The summed E-state index contributed by atoms with van der Waals surface area (Å²) in [5, 5.41) is 10.5. The van der Waals surface area contributed by atoms with Crippen molar-refractivity contribution < 1.29 is 27.2 Å². The second-order valence-electron chi connectivity index (χ2n) is 4.28. The molecule has 0 fully saturated rings.